The lowest BCUT2D eigenvalue weighted by molar-refractivity contribution is 0.458. The van der Waals surface area contributed by atoms with Crippen molar-refractivity contribution in [2.75, 3.05) is 37.6 Å². The predicted molar refractivity (Wildman–Crippen MR) is 105 cm³/mol. The van der Waals surface area contributed by atoms with Gasteiger partial charge in [0.15, 0.2) is 0 Å². The highest BCUT2D eigenvalue weighted by Gasteiger charge is 2.40. The third kappa shape index (κ3) is 3.51. The van der Waals surface area contributed by atoms with Gasteiger partial charge in [0, 0.05) is 51.0 Å². The monoisotopic (exact) mass is 405 g/mol. The Balaban J connectivity index is 1.58. The molecule has 9 nitrogen and oxygen atoms in total. The van der Waals surface area contributed by atoms with E-state index in [4.69, 9.17) is 10.7 Å². The van der Waals surface area contributed by atoms with Crippen LogP contribution < -0.4 is 10.6 Å². The van der Waals surface area contributed by atoms with Gasteiger partial charge in [-0.3, -0.25) is 4.68 Å². The Kier molecular flexibility index (Phi) is 5.35. The number of aromatic nitrogens is 4. The first kappa shape index (κ1) is 19.3. The zero-order valence-corrected chi connectivity index (χ0v) is 16.9. The fourth-order valence-corrected chi connectivity index (χ4v) is 5.52. The Labute approximate surface area is 165 Å². The first-order valence-corrected chi connectivity index (χ1v) is 11.3. The van der Waals surface area contributed by atoms with E-state index in [1.807, 2.05) is 13.0 Å². The lowest BCUT2D eigenvalue weighted by Crippen LogP contribution is -2.29. The second-order valence-corrected chi connectivity index (χ2v) is 9.37. The Morgan fingerprint density at radius 1 is 1.25 bits per heavy atom. The average molecular weight is 406 g/mol. The minimum absolute atomic E-state index is 0.0253. The van der Waals surface area contributed by atoms with Crippen molar-refractivity contribution in [3.05, 3.63) is 30.4 Å². The summed E-state index contributed by atoms with van der Waals surface area (Å²) in [7, 11) is -3.60. The van der Waals surface area contributed by atoms with Gasteiger partial charge in [0.05, 0.1) is 11.9 Å². The molecule has 2 aromatic heterocycles. The van der Waals surface area contributed by atoms with Gasteiger partial charge in [-0.25, -0.2) is 18.4 Å². The standard InChI is InChI=1S/C18H27N7O2S/c1-2-24-12-15(10-21-24)28(26,27)25-11-14(9-19)16(13-25)17-5-6-20-18(22-17)23-7-3-4-8-23/h5-6,10,12,14,16H,2-4,7-9,11,13,19H2,1H3/t14-,16-/m1/s1. The van der Waals surface area contributed by atoms with Crippen LogP contribution in [0.5, 0.6) is 0 Å². The average Bonchev–Trinajstić information content (AvgIpc) is 3.48. The van der Waals surface area contributed by atoms with Crippen LogP contribution in [0.1, 0.15) is 31.4 Å². The van der Waals surface area contributed by atoms with E-state index in [1.54, 1.807) is 17.1 Å². The van der Waals surface area contributed by atoms with E-state index in [1.165, 1.54) is 10.5 Å². The molecular weight excluding hydrogens is 378 g/mol. The van der Waals surface area contributed by atoms with Crippen molar-refractivity contribution >= 4 is 16.0 Å². The summed E-state index contributed by atoms with van der Waals surface area (Å²) in [6, 6.07) is 1.89. The number of hydrogen-bond donors (Lipinski definition) is 1. The summed E-state index contributed by atoms with van der Waals surface area (Å²) in [5.41, 5.74) is 6.87. The molecule has 2 aliphatic rings. The van der Waals surface area contributed by atoms with Crippen molar-refractivity contribution in [2.45, 2.75) is 37.1 Å². The van der Waals surface area contributed by atoms with Crippen molar-refractivity contribution in [3.63, 3.8) is 0 Å². The molecule has 152 valence electrons. The quantitative estimate of drug-likeness (QED) is 0.751. The summed E-state index contributed by atoms with van der Waals surface area (Å²) in [4.78, 5) is 11.6. The van der Waals surface area contributed by atoms with Crippen LogP contribution in [0, 0.1) is 5.92 Å². The molecule has 0 saturated carbocycles. The Bertz CT molecular complexity index is 924. The summed E-state index contributed by atoms with van der Waals surface area (Å²) in [5.74, 6) is 0.721. The summed E-state index contributed by atoms with van der Waals surface area (Å²) in [5, 5.41) is 4.10. The molecule has 0 aliphatic carbocycles. The molecule has 2 fully saturated rings. The van der Waals surface area contributed by atoms with E-state index in [0.717, 1.165) is 37.6 Å². The van der Waals surface area contributed by atoms with Crippen molar-refractivity contribution in [1.29, 1.82) is 0 Å². The van der Waals surface area contributed by atoms with E-state index in [2.05, 4.69) is 15.0 Å². The fourth-order valence-electron chi connectivity index (χ4n) is 4.04. The highest BCUT2D eigenvalue weighted by Crippen LogP contribution is 2.35. The number of hydrogen-bond acceptors (Lipinski definition) is 7. The third-order valence-corrected chi connectivity index (χ3v) is 7.50. The Morgan fingerprint density at radius 3 is 2.71 bits per heavy atom. The molecule has 2 N–H and O–H groups in total. The van der Waals surface area contributed by atoms with Gasteiger partial charge < -0.3 is 10.6 Å². The number of nitrogens with two attached hydrogens (primary N) is 1. The van der Waals surface area contributed by atoms with Gasteiger partial charge in [0.25, 0.3) is 0 Å². The molecule has 0 radical (unpaired) electrons. The van der Waals surface area contributed by atoms with Crippen molar-refractivity contribution in [1.82, 2.24) is 24.1 Å². The number of anilines is 1. The van der Waals surface area contributed by atoms with E-state index in [0.29, 0.717) is 26.2 Å². The van der Waals surface area contributed by atoms with E-state index >= 15 is 0 Å². The zero-order chi connectivity index (χ0) is 19.7. The highest BCUT2D eigenvalue weighted by molar-refractivity contribution is 7.89. The molecule has 0 unspecified atom stereocenters. The minimum Gasteiger partial charge on any atom is -0.341 e. The molecule has 2 aromatic rings. The summed E-state index contributed by atoms with van der Waals surface area (Å²) < 4.78 is 29.3. The van der Waals surface area contributed by atoms with Gasteiger partial charge >= 0.3 is 0 Å². The van der Waals surface area contributed by atoms with Crippen LogP contribution in [-0.2, 0) is 16.6 Å². The maximum Gasteiger partial charge on any atom is 0.246 e. The first-order chi connectivity index (χ1) is 13.5. The second-order valence-electron chi connectivity index (χ2n) is 7.43. The van der Waals surface area contributed by atoms with Gasteiger partial charge in [-0.05, 0) is 38.3 Å². The molecule has 2 saturated heterocycles. The number of aryl methyl sites for hydroxylation is 1. The molecule has 0 spiro atoms. The molecule has 4 rings (SSSR count). The van der Waals surface area contributed by atoms with Crippen molar-refractivity contribution < 1.29 is 8.42 Å². The molecular formula is C18H27N7O2S. The Morgan fingerprint density at radius 2 is 2.04 bits per heavy atom. The van der Waals surface area contributed by atoms with Crippen molar-refractivity contribution in [3.8, 4) is 0 Å². The lowest BCUT2D eigenvalue weighted by atomic mass is 9.93. The summed E-state index contributed by atoms with van der Waals surface area (Å²) >= 11 is 0. The van der Waals surface area contributed by atoms with Crippen LogP contribution in [0.4, 0.5) is 5.95 Å². The lowest BCUT2D eigenvalue weighted by Gasteiger charge is -2.19. The zero-order valence-electron chi connectivity index (χ0n) is 16.1. The predicted octanol–water partition coefficient (Wildman–Crippen LogP) is 0.656. The van der Waals surface area contributed by atoms with Crippen molar-refractivity contribution in [2.24, 2.45) is 11.7 Å². The summed E-state index contributed by atoms with van der Waals surface area (Å²) in [6.07, 6.45) is 7.07. The molecule has 10 heteroatoms. The first-order valence-electron chi connectivity index (χ1n) is 9.83. The maximum absolute atomic E-state index is 13.1. The van der Waals surface area contributed by atoms with Crippen LogP contribution in [-0.4, -0.2) is 65.2 Å². The number of sulfonamides is 1. The molecule has 0 aromatic carbocycles. The summed E-state index contributed by atoms with van der Waals surface area (Å²) in [6.45, 7) is 5.67. The maximum atomic E-state index is 13.1. The SMILES string of the molecule is CCn1cc(S(=O)(=O)N2C[C@@H](CN)[C@H](c3ccnc(N4CCCC4)n3)C2)cn1. The van der Waals surface area contributed by atoms with E-state index in [-0.39, 0.29) is 16.7 Å². The molecule has 2 aliphatic heterocycles. The van der Waals surface area contributed by atoms with Gasteiger partial charge in [-0.15, -0.1) is 0 Å². The molecule has 4 heterocycles. The molecule has 0 amide bonds. The second kappa shape index (κ2) is 7.76. The normalized spacial score (nSPS) is 23.6. The van der Waals surface area contributed by atoms with E-state index < -0.39 is 10.0 Å². The van der Waals surface area contributed by atoms with Crippen LogP contribution in [0.25, 0.3) is 0 Å². The largest absolute Gasteiger partial charge is 0.341 e. The third-order valence-electron chi connectivity index (χ3n) is 5.71. The molecule has 28 heavy (non-hydrogen) atoms. The molecule has 0 bridgehead atoms. The number of rotatable bonds is 6. The fraction of sp³-hybridized carbons (Fsp3) is 0.611. The van der Waals surface area contributed by atoms with Gasteiger partial charge in [-0.1, -0.05) is 0 Å². The van der Waals surface area contributed by atoms with Crippen LogP contribution in [0.15, 0.2) is 29.6 Å². The molecule has 2 atom stereocenters. The van der Waals surface area contributed by atoms with Crippen LogP contribution in [0.3, 0.4) is 0 Å². The topological polar surface area (TPSA) is 110 Å². The van der Waals surface area contributed by atoms with Crippen LogP contribution in [0.2, 0.25) is 0 Å². The van der Waals surface area contributed by atoms with Gasteiger partial charge in [-0.2, -0.15) is 9.40 Å². The van der Waals surface area contributed by atoms with Gasteiger partial charge in [0.1, 0.15) is 4.90 Å². The highest BCUT2D eigenvalue weighted by atomic mass is 32.2. The minimum atomic E-state index is -3.60. The van der Waals surface area contributed by atoms with Gasteiger partial charge in [0.2, 0.25) is 16.0 Å². The Hall–Kier alpha value is -2.04. The van der Waals surface area contributed by atoms with E-state index in [9.17, 15) is 8.42 Å². The smallest absolute Gasteiger partial charge is 0.246 e. The number of nitrogens with zero attached hydrogens (tertiary/aromatic N) is 6. The van der Waals surface area contributed by atoms with Crippen LogP contribution >= 0.6 is 0 Å².